The molecule has 28 heavy (non-hydrogen) atoms. The molecule has 0 saturated carbocycles. The third-order valence-electron chi connectivity index (χ3n) is 4.03. The monoisotopic (exact) mass is 383 g/mol. The lowest BCUT2D eigenvalue weighted by Gasteiger charge is -2.17. The van der Waals surface area contributed by atoms with Crippen molar-refractivity contribution in [2.45, 2.75) is 25.7 Å². The van der Waals surface area contributed by atoms with Crippen molar-refractivity contribution in [3.05, 3.63) is 71.8 Å². The van der Waals surface area contributed by atoms with Crippen LogP contribution in [0.4, 0.5) is 0 Å². The van der Waals surface area contributed by atoms with Crippen LogP contribution in [0.1, 0.15) is 36.8 Å². The number of carbonyl (C=O) groups is 3. The van der Waals surface area contributed by atoms with Crippen LogP contribution in [0.5, 0.6) is 0 Å². The number of ether oxygens (including phenoxy) is 2. The molecule has 0 fully saturated rings. The average molecular weight is 383 g/mol. The fourth-order valence-corrected chi connectivity index (χ4v) is 2.72. The normalized spacial score (nSPS) is 10.4. The smallest absolute Gasteiger partial charge is 0.318 e. The third kappa shape index (κ3) is 6.87. The fourth-order valence-electron chi connectivity index (χ4n) is 2.72. The van der Waals surface area contributed by atoms with E-state index in [2.05, 4.69) is 5.32 Å². The lowest BCUT2D eigenvalue weighted by molar-refractivity contribution is -0.149. The Balaban J connectivity index is 1.87. The van der Waals surface area contributed by atoms with E-state index in [4.69, 9.17) is 9.47 Å². The van der Waals surface area contributed by atoms with Gasteiger partial charge in [-0.15, -0.1) is 0 Å². The summed E-state index contributed by atoms with van der Waals surface area (Å²) >= 11 is 0. The summed E-state index contributed by atoms with van der Waals surface area (Å²) in [7, 11) is 0. The van der Waals surface area contributed by atoms with E-state index in [-0.39, 0.29) is 19.0 Å². The summed E-state index contributed by atoms with van der Waals surface area (Å²) in [6, 6.07) is 18.6. The van der Waals surface area contributed by atoms with E-state index < -0.39 is 17.8 Å². The van der Waals surface area contributed by atoms with Gasteiger partial charge in [0.05, 0.1) is 6.61 Å². The number of benzene rings is 2. The quantitative estimate of drug-likeness (QED) is 0.504. The van der Waals surface area contributed by atoms with Gasteiger partial charge in [0.15, 0.2) is 6.61 Å². The zero-order valence-electron chi connectivity index (χ0n) is 15.9. The van der Waals surface area contributed by atoms with E-state index in [0.717, 1.165) is 11.1 Å². The highest BCUT2D eigenvalue weighted by Gasteiger charge is 2.24. The molecule has 6 nitrogen and oxygen atoms in total. The summed E-state index contributed by atoms with van der Waals surface area (Å²) in [4.78, 5) is 35.8. The second kappa shape index (κ2) is 11.5. The zero-order chi connectivity index (χ0) is 20.2. The number of rotatable bonds is 10. The standard InChI is InChI=1S/C22H25NO5/c1-2-27-20(25)14-9-15-23-19(24)16-28-22(26)21(17-10-5-3-6-11-17)18-12-7-4-8-13-18/h3-8,10-13,21H,2,9,14-16H2,1H3,(H,23,24). The van der Waals surface area contributed by atoms with Crippen molar-refractivity contribution >= 4 is 17.8 Å². The summed E-state index contributed by atoms with van der Waals surface area (Å²) in [5.41, 5.74) is 1.60. The van der Waals surface area contributed by atoms with Gasteiger partial charge < -0.3 is 14.8 Å². The second-order valence-corrected chi connectivity index (χ2v) is 6.12. The van der Waals surface area contributed by atoms with Crippen molar-refractivity contribution in [3.63, 3.8) is 0 Å². The SMILES string of the molecule is CCOC(=O)CCCNC(=O)COC(=O)C(c1ccccc1)c1ccccc1. The van der Waals surface area contributed by atoms with Crippen molar-refractivity contribution in [2.75, 3.05) is 19.8 Å². The molecular formula is C22H25NO5. The average Bonchev–Trinajstić information content (AvgIpc) is 2.72. The lowest BCUT2D eigenvalue weighted by atomic mass is 9.91. The van der Waals surface area contributed by atoms with E-state index in [1.807, 2.05) is 60.7 Å². The lowest BCUT2D eigenvalue weighted by Crippen LogP contribution is -2.31. The summed E-state index contributed by atoms with van der Waals surface area (Å²) < 4.78 is 10.1. The Morgan fingerprint density at radius 1 is 0.893 bits per heavy atom. The number of amides is 1. The highest BCUT2D eigenvalue weighted by molar-refractivity contribution is 5.85. The minimum atomic E-state index is -0.598. The largest absolute Gasteiger partial charge is 0.466 e. The molecule has 6 heteroatoms. The molecule has 0 aliphatic rings. The van der Waals surface area contributed by atoms with Gasteiger partial charge in [-0.1, -0.05) is 60.7 Å². The van der Waals surface area contributed by atoms with Crippen LogP contribution in [0.25, 0.3) is 0 Å². The van der Waals surface area contributed by atoms with Crippen LogP contribution in [-0.4, -0.2) is 37.6 Å². The minimum Gasteiger partial charge on any atom is -0.466 e. The summed E-state index contributed by atoms with van der Waals surface area (Å²) in [6.07, 6.45) is 0.702. The molecule has 0 saturated heterocycles. The maximum Gasteiger partial charge on any atom is 0.318 e. The Kier molecular flexibility index (Phi) is 8.72. The van der Waals surface area contributed by atoms with Crippen LogP contribution in [-0.2, 0) is 23.9 Å². The topological polar surface area (TPSA) is 81.7 Å². The summed E-state index contributed by atoms with van der Waals surface area (Å²) in [6.45, 7) is 2.03. The molecule has 1 amide bonds. The highest BCUT2D eigenvalue weighted by Crippen LogP contribution is 2.25. The third-order valence-corrected chi connectivity index (χ3v) is 4.03. The Morgan fingerprint density at radius 2 is 1.46 bits per heavy atom. The van der Waals surface area contributed by atoms with E-state index >= 15 is 0 Å². The Labute approximate surface area is 164 Å². The number of hydrogen-bond acceptors (Lipinski definition) is 5. The predicted octanol–water partition coefficient (Wildman–Crippen LogP) is 2.82. The van der Waals surface area contributed by atoms with E-state index in [0.29, 0.717) is 19.6 Å². The van der Waals surface area contributed by atoms with Crippen LogP contribution in [0.2, 0.25) is 0 Å². The van der Waals surface area contributed by atoms with Gasteiger partial charge in [-0.3, -0.25) is 14.4 Å². The van der Waals surface area contributed by atoms with Gasteiger partial charge in [0.2, 0.25) is 0 Å². The molecule has 2 aromatic rings. The molecule has 2 aromatic carbocycles. The van der Waals surface area contributed by atoms with Crippen molar-refractivity contribution in [3.8, 4) is 0 Å². The number of nitrogens with one attached hydrogen (secondary N) is 1. The summed E-state index contributed by atoms with van der Waals surface area (Å²) in [5.74, 6) is -1.79. The number of esters is 2. The molecular weight excluding hydrogens is 358 g/mol. The molecule has 0 heterocycles. The van der Waals surface area contributed by atoms with E-state index in [9.17, 15) is 14.4 Å². The first-order valence-electron chi connectivity index (χ1n) is 9.30. The molecule has 0 aliphatic heterocycles. The van der Waals surface area contributed by atoms with Gasteiger partial charge in [-0.05, 0) is 24.5 Å². The van der Waals surface area contributed by atoms with Gasteiger partial charge in [0, 0.05) is 13.0 Å². The zero-order valence-corrected chi connectivity index (χ0v) is 15.9. The van der Waals surface area contributed by atoms with Crippen molar-refractivity contribution in [2.24, 2.45) is 0 Å². The minimum absolute atomic E-state index is 0.234. The Bertz CT molecular complexity index is 722. The first kappa shape index (κ1) is 21.2. The van der Waals surface area contributed by atoms with E-state index in [1.165, 1.54) is 0 Å². The van der Waals surface area contributed by atoms with Gasteiger partial charge in [-0.25, -0.2) is 0 Å². The van der Waals surface area contributed by atoms with E-state index in [1.54, 1.807) is 6.92 Å². The fraction of sp³-hybridized carbons (Fsp3) is 0.318. The molecule has 0 atom stereocenters. The van der Waals surface area contributed by atoms with Crippen LogP contribution >= 0.6 is 0 Å². The Hall–Kier alpha value is -3.15. The van der Waals surface area contributed by atoms with Gasteiger partial charge in [0.25, 0.3) is 5.91 Å². The molecule has 0 spiro atoms. The maximum absolute atomic E-state index is 12.7. The van der Waals surface area contributed by atoms with Crippen LogP contribution in [0.3, 0.4) is 0 Å². The van der Waals surface area contributed by atoms with Crippen LogP contribution in [0.15, 0.2) is 60.7 Å². The van der Waals surface area contributed by atoms with Crippen molar-refractivity contribution in [1.82, 2.24) is 5.32 Å². The molecule has 2 rings (SSSR count). The molecule has 0 aromatic heterocycles. The number of hydrogen-bond donors (Lipinski definition) is 1. The highest BCUT2D eigenvalue weighted by atomic mass is 16.5. The van der Waals surface area contributed by atoms with Gasteiger partial charge in [-0.2, -0.15) is 0 Å². The van der Waals surface area contributed by atoms with Crippen LogP contribution < -0.4 is 5.32 Å². The summed E-state index contributed by atoms with van der Waals surface area (Å²) in [5, 5.41) is 2.63. The first-order valence-corrected chi connectivity index (χ1v) is 9.30. The molecule has 0 radical (unpaired) electrons. The molecule has 0 unspecified atom stereocenters. The Morgan fingerprint density at radius 3 is 2.00 bits per heavy atom. The second-order valence-electron chi connectivity index (χ2n) is 6.12. The molecule has 1 N–H and O–H groups in total. The van der Waals surface area contributed by atoms with Crippen molar-refractivity contribution in [1.29, 1.82) is 0 Å². The molecule has 0 aliphatic carbocycles. The van der Waals surface area contributed by atoms with Gasteiger partial charge in [0.1, 0.15) is 5.92 Å². The predicted molar refractivity (Wildman–Crippen MR) is 105 cm³/mol. The number of carbonyl (C=O) groups excluding carboxylic acids is 3. The van der Waals surface area contributed by atoms with Gasteiger partial charge >= 0.3 is 11.9 Å². The maximum atomic E-state index is 12.7. The van der Waals surface area contributed by atoms with Crippen molar-refractivity contribution < 1.29 is 23.9 Å². The first-order chi connectivity index (χ1) is 13.6. The molecule has 148 valence electrons. The molecule has 0 bridgehead atoms. The van der Waals surface area contributed by atoms with Crippen LogP contribution in [0, 0.1) is 0 Å².